The Morgan fingerprint density at radius 1 is 1.41 bits per heavy atom. The van der Waals surface area contributed by atoms with Crippen LogP contribution in [-0.2, 0) is 11.2 Å². The Morgan fingerprint density at radius 3 is 2.76 bits per heavy atom. The molecule has 0 spiro atoms. The third-order valence-electron chi connectivity index (χ3n) is 2.50. The van der Waals surface area contributed by atoms with Crippen molar-refractivity contribution in [2.75, 3.05) is 0 Å². The van der Waals surface area contributed by atoms with Gasteiger partial charge < -0.3 is 15.8 Å². The van der Waals surface area contributed by atoms with E-state index >= 15 is 0 Å². The van der Waals surface area contributed by atoms with Gasteiger partial charge in [-0.3, -0.25) is 4.79 Å². The van der Waals surface area contributed by atoms with Crippen molar-refractivity contribution >= 4 is 29.3 Å². The van der Waals surface area contributed by atoms with Crippen LogP contribution in [0, 0.1) is 0 Å². The van der Waals surface area contributed by atoms with E-state index < -0.39 is 5.97 Å². The molecule has 0 unspecified atom stereocenters. The first-order valence-electron chi connectivity index (χ1n) is 5.19. The minimum atomic E-state index is -0.858. The van der Waals surface area contributed by atoms with Crippen molar-refractivity contribution in [3.05, 3.63) is 36.0 Å². The Hall–Kier alpha value is -1.52. The number of hydrogen-bond acceptors (Lipinski definition) is 2. The summed E-state index contributed by atoms with van der Waals surface area (Å²) in [5, 5.41) is 9.74. The van der Waals surface area contributed by atoms with Crippen LogP contribution in [0.15, 0.2) is 30.3 Å². The molecule has 1 aromatic heterocycles. The number of aliphatic carboxylic acids is 1. The number of para-hydroxylation sites is 1. The van der Waals surface area contributed by atoms with E-state index in [1.807, 2.05) is 30.3 Å². The highest BCUT2D eigenvalue weighted by Crippen LogP contribution is 2.15. The Balaban J connectivity index is 0.00000144. The van der Waals surface area contributed by atoms with Gasteiger partial charge in [-0.25, -0.2) is 0 Å². The van der Waals surface area contributed by atoms with Crippen LogP contribution in [0.25, 0.3) is 10.9 Å². The summed E-state index contributed by atoms with van der Waals surface area (Å²) in [4.78, 5) is 13.7. The zero-order valence-corrected chi connectivity index (χ0v) is 10.0. The molecular formula is C12H15ClN2O2. The molecular weight excluding hydrogens is 240 g/mol. The Kier molecular flexibility index (Phi) is 4.54. The molecule has 1 aromatic carbocycles. The minimum Gasteiger partial charge on any atom is -0.481 e. The largest absolute Gasteiger partial charge is 0.481 e. The summed E-state index contributed by atoms with van der Waals surface area (Å²) < 4.78 is 0. The monoisotopic (exact) mass is 254 g/mol. The Morgan fingerprint density at radius 2 is 2.12 bits per heavy atom. The molecule has 0 saturated carbocycles. The average Bonchev–Trinajstić information content (AvgIpc) is 2.57. The normalized spacial score (nSPS) is 12.1. The van der Waals surface area contributed by atoms with Gasteiger partial charge in [-0.1, -0.05) is 18.2 Å². The number of carbonyl (C=O) groups is 1. The van der Waals surface area contributed by atoms with Gasteiger partial charge in [-0.2, -0.15) is 0 Å². The second kappa shape index (κ2) is 5.70. The standard InChI is InChI=1S/C12H14N2O2.ClH/c13-9(7-12(15)16)6-10-5-8-3-1-2-4-11(8)14-10;/h1-5,9,14H,6-7,13H2,(H,15,16);1H/t9-;/m0./s1. The summed E-state index contributed by atoms with van der Waals surface area (Å²) in [5.41, 5.74) is 7.76. The van der Waals surface area contributed by atoms with Crippen molar-refractivity contribution in [2.24, 2.45) is 5.73 Å². The fourth-order valence-corrected chi connectivity index (χ4v) is 1.82. The van der Waals surface area contributed by atoms with E-state index in [4.69, 9.17) is 10.8 Å². The van der Waals surface area contributed by atoms with Crippen molar-refractivity contribution in [1.29, 1.82) is 0 Å². The van der Waals surface area contributed by atoms with Crippen LogP contribution in [0.5, 0.6) is 0 Å². The van der Waals surface area contributed by atoms with Gasteiger partial charge in [0.15, 0.2) is 0 Å². The molecule has 0 aliphatic rings. The fourth-order valence-electron chi connectivity index (χ4n) is 1.82. The van der Waals surface area contributed by atoms with E-state index in [2.05, 4.69) is 4.98 Å². The molecule has 0 amide bonds. The van der Waals surface area contributed by atoms with E-state index in [-0.39, 0.29) is 24.9 Å². The molecule has 0 aliphatic heterocycles. The highest BCUT2D eigenvalue weighted by Gasteiger charge is 2.10. The maximum Gasteiger partial charge on any atom is 0.304 e. The number of benzene rings is 1. The number of nitrogens with two attached hydrogens (primary N) is 1. The van der Waals surface area contributed by atoms with Gasteiger partial charge in [0.05, 0.1) is 6.42 Å². The molecule has 0 aliphatic carbocycles. The number of halogens is 1. The highest BCUT2D eigenvalue weighted by atomic mass is 35.5. The smallest absolute Gasteiger partial charge is 0.304 e. The van der Waals surface area contributed by atoms with Gasteiger partial charge in [-0.05, 0) is 17.5 Å². The fraction of sp³-hybridized carbons (Fsp3) is 0.250. The first kappa shape index (κ1) is 13.5. The van der Waals surface area contributed by atoms with Crippen LogP contribution >= 0.6 is 12.4 Å². The number of aromatic nitrogens is 1. The summed E-state index contributed by atoms with van der Waals surface area (Å²) in [6.07, 6.45) is 0.552. The summed E-state index contributed by atoms with van der Waals surface area (Å²) in [7, 11) is 0. The van der Waals surface area contributed by atoms with Gasteiger partial charge in [0.25, 0.3) is 0 Å². The van der Waals surface area contributed by atoms with Crippen LogP contribution < -0.4 is 5.73 Å². The molecule has 0 saturated heterocycles. The maximum atomic E-state index is 10.5. The summed E-state index contributed by atoms with van der Waals surface area (Å²) in [6.45, 7) is 0. The predicted octanol–water partition coefficient (Wildman–Crippen LogP) is 1.93. The summed E-state index contributed by atoms with van der Waals surface area (Å²) in [5.74, 6) is -0.858. The summed E-state index contributed by atoms with van der Waals surface area (Å²) in [6, 6.07) is 9.60. The molecule has 1 heterocycles. The van der Waals surface area contributed by atoms with Crippen LogP contribution in [0.3, 0.4) is 0 Å². The Bertz CT molecular complexity index is 477. The quantitative estimate of drug-likeness (QED) is 0.780. The predicted molar refractivity (Wildman–Crippen MR) is 69.5 cm³/mol. The van der Waals surface area contributed by atoms with Crippen LogP contribution in [0.1, 0.15) is 12.1 Å². The lowest BCUT2D eigenvalue weighted by Crippen LogP contribution is -2.26. The van der Waals surface area contributed by atoms with E-state index in [0.717, 1.165) is 16.6 Å². The molecule has 0 fully saturated rings. The van der Waals surface area contributed by atoms with E-state index in [9.17, 15) is 4.79 Å². The number of aromatic amines is 1. The number of hydrogen-bond donors (Lipinski definition) is 3. The van der Waals surface area contributed by atoms with Gasteiger partial charge in [0.1, 0.15) is 0 Å². The number of carboxylic acid groups (broad SMARTS) is 1. The maximum absolute atomic E-state index is 10.5. The van der Waals surface area contributed by atoms with Crippen LogP contribution in [0.2, 0.25) is 0 Å². The topological polar surface area (TPSA) is 79.1 Å². The lowest BCUT2D eigenvalue weighted by atomic mass is 10.1. The van der Waals surface area contributed by atoms with Crippen molar-refractivity contribution in [2.45, 2.75) is 18.9 Å². The SMILES string of the molecule is Cl.N[C@H](CC(=O)O)Cc1cc2ccccc2[nH]1. The first-order valence-corrected chi connectivity index (χ1v) is 5.19. The lowest BCUT2D eigenvalue weighted by molar-refractivity contribution is -0.137. The van der Waals surface area contributed by atoms with E-state index in [0.29, 0.717) is 6.42 Å². The second-order valence-electron chi connectivity index (χ2n) is 3.94. The number of H-pyrrole nitrogens is 1. The zero-order valence-electron chi connectivity index (χ0n) is 9.22. The molecule has 2 rings (SSSR count). The molecule has 92 valence electrons. The van der Waals surface area contributed by atoms with Crippen molar-refractivity contribution in [3.8, 4) is 0 Å². The minimum absolute atomic E-state index is 0. The van der Waals surface area contributed by atoms with Gasteiger partial charge >= 0.3 is 5.97 Å². The average molecular weight is 255 g/mol. The van der Waals surface area contributed by atoms with Crippen molar-refractivity contribution in [3.63, 3.8) is 0 Å². The van der Waals surface area contributed by atoms with E-state index in [1.54, 1.807) is 0 Å². The van der Waals surface area contributed by atoms with Gasteiger partial charge in [0, 0.05) is 23.7 Å². The van der Waals surface area contributed by atoms with Crippen LogP contribution in [0.4, 0.5) is 0 Å². The zero-order chi connectivity index (χ0) is 11.5. The van der Waals surface area contributed by atoms with E-state index in [1.165, 1.54) is 0 Å². The number of carboxylic acids is 1. The molecule has 17 heavy (non-hydrogen) atoms. The second-order valence-corrected chi connectivity index (χ2v) is 3.94. The molecule has 0 radical (unpaired) electrons. The third-order valence-corrected chi connectivity index (χ3v) is 2.50. The number of nitrogens with one attached hydrogen (secondary N) is 1. The molecule has 4 nitrogen and oxygen atoms in total. The molecule has 4 N–H and O–H groups in total. The lowest BCUT2D eigenvalue weighted by Gasteiger charge is -2.06. The molecule has 1 atom stereocenters. The molecule has 0 bridgehead atoms. The summed E-state index contributed by atoms with van der Waals surface area (Å²) >= 11 is 0. The Labute approximate surface area is 105 Å². The van der Waals surface area contributed by atoms with Crippen LogP contribution in [-0.4, -0.2) is 22.1 Å². The van der Waals surface area contributed by atoms with Crippen molar-refractivity contribution < 1.29 is 9.90 Å². The molecule has 2 aromatic rings. The first-order chi connectivity index (χ1) is 7.65. The molecule has 5 heteroatoms. The van der Waals surface area contributed by atoms with Crippen molar-refractivity contribution in [1.82, 2.24) is 4.98 Å². The number of fused-ring (bicyclic) bond motifs is 1. The highest BCUT2D eigenvalue weighted by molar-refractivity contribution is 5.85. The van der Waals surface area contributed by atoms with Gasteiger partial charge in [0.2, 0.25) is 0 Å². The third kappa shape index (κ3) is 3.47. The van der Waals surface area contributed by atoms with Gasteiger partial charge in [-0.15, -0.1) is 12.4 Å². The number of rotatable bonds is 4.